The molecular weight excluding hydrogens is 352 g/mol. The summed E-state index contributed by atoms with van der Waals surface area (Å²) in [7, 11) is 4.19. The van der Waals surface area contributed by atoms with Crippen LogP contribution >= 0.6 is 0 Å². The molecule has 0 bridgehead atoms. The first-order valence-electron chi connectivity index (χ1n) is 10.0. The Labute approximate surface area is 166 Å². The van der Waals surface area contributed by atoms with Crippen molar-refractivity contribution in [2.45, 2.75) is 38.6 Å². The Bertz CT molecular complexity index is 875. The van der Waals surface area contributed by atoms with Crippen LogP contribution in [0.4, 0.5) is 23.1 Å². The fourth-order valence-electron chi connectivity index (χ4n) is 3.91. The van der Waals surface area contributed by atoms with Crippen LogP contribution in [0.5, 0.6) is 0 Å². The normalized spacial score (nSPS) is 17.2. The Hall–Kier alpha value is -2.67. The van der Waals surface area contributed by atoms with E-state index in [1.165, 1.54) is 5.56 Å². The summed E-state index contributed by atoms with van der Waals surface area (Å²) in [6.07, 6.45) is 5.86. The lowest BCUT2D eigenvalue weighted by atomic mass is 10.0. The molecule has 148 valence electrons. The summed E-state index contributed by atoms with van der Waals surface area (Å²) >= 11 is 0. The minimum atomic E-state index is -0.177. The number of aryl methyl sites for hydroxylation is 1. The predicted octanol–water partition coefficient (Wildman–Crippen LogP) is 3.27. The SMILES string of the molecule is CCCc1ccc2c(c1)NC(=O)c1cnc(N(C)C3CCN(C)CC3)nc1N2. The van der Waals surface area contributed by atoms with Crippen molar-refractivity contribution in [3.63, 3.8) is 0 Å². The highest BCUT2D eigenvalue weighted by atomic mass is 16.1. The molecule has 1 aromatic carbocycles. The molecule has 1 saturated heterocycles. The first kappa shape index (κ1) is 18.7. The number of hydrogen-bond acceptors (Lipinski definition) is 6. The van der Waals surface area contributed by atoms with Gasteiger partial charge in [0.25, 0.3) is 5.91 Å². The lowest BCUT2D eigenvalue weighted by Crippen LogP contribution is -2.42. The minimum absolute atomic E-state index is 0.177. The van der Waals surface area contributed by atoms with Crippen molar-refractivity contribution in [1.82, 2.24) is 14.9 Å². The van der Waals surface area contributed by atoms with E-state index in [-0.39, 0.29) is 5.91 Å². The van der Waals surface area contributed by atoms with Gasteiger partial charge in [-0.25, -0.2) is 4.98 Å². The smallest absolute Gasteiger partial charge is 0.261 e. The maximum atomic E-state index is 12.7. The van der Waals surface area contributed by atoms with Gasteiger partial charge in [0, 0.05) is 19.3 Å². The van der Waals surface area contributed by atoms with Gasteiger partial charge in [0.15, 0.2) is 0 Å². The Balaban J connectivity index is 1.61. The highest BCUT2D eigenvalue weighted by Gasteiger charge is 2.25. The van der Waals surface area contributed by atoms with Crippen molar-refractivity contribution in [1.29, 1.82) is 0 Å². The molecule has 3 heterocycles. The van der Waals surface area contributed by atoms with Crippen LogP contribution in [0.25, 0.3) is 0 Å². The number of carbonyl (C=O) groups excluding carboxylic acids is 1. The van der Waals surface area contributed by atoms with Gasteiger partial charge in [-0.1, -0.05) is 19.4 Å². The summed E-state index contributed by atoms with van der Waals surface area (Å²) in [6.45, 7) is 4.30. The van der Waals surface area contributed by atoms with Gasteiger partial charge >= 0.3 is 0 Å². The molecular formula is C21H28N6O. The van der Waals surface area contributed by atoms with Gasteiger partial charge < -0.3 is 20.4 Å². The molecule has 2 N–H and O–H groups in total. The third kappa shape index (κ3) is 3.67. The molecule has 0 atom stereocenters. The number of carbonyl (C=O) groups is 1. The van der Waals surface area contributed by atoms with E-state index < -0.39 is 0 Å². The molecule has 1 aromatic heterocycles. The molecule has 1 amide bonds. The van der Waals surface area contributed by atoms with Gasteiger partial charge in [0.2, 0.25) is 5.95 Å². The van der Waals surface area contributed by atoms with Crippen LogP contribution in [0.1, 0.15) is 42.1 Å². The maximum absolute atomic E-state index is 12.7. The summed E-state index contributed by atoms with van der Waals surface area (Å²) in [6, 6.07) is 6.56. The number of fused-ring (bicyclic) bond motifs is 2. The van der Waals surface area contributed by atoms with Gasteiger partial charge in [0.1, 0.15) is 11.4 Å². The van der Waals surface area contributed by atoms with Crippen LogP contribution in [0.2, 0.25) is 0 Å². The molecule has 28 heavy (non-hydrogen) atoms. The zero-order valence-electron chi connectivity index (χ0n) is 16.8. The molecule has 0 saturated carbocycles. The maximum Gasteiger partial charge on any atom is 0.261 e. The molecule has 7 heteroatoms. The molecule has 0 unspecified atom stereocenters. The second-order valence-corrected chi connectivity index (χ2v) is 7.79. The summed E-state index contributed by atoms with van der Waals surface area (Å²) < 4.78 is 0. The zero-order chi connectivity index (χ0) is 19.7. The largest absolute Gasteiger partial charge is 0.341 e. The number of rotatable bonds is 4. The van der Waals surface area contributed by atoms with Crippen molar-refractivity contribution in [2.24, 2.45) is 0 Å². The van der Waals surface area contributed by atoms with Gasteiger partial charge in [-0.3, -0.25) is 4.79 Å². The average Bonchev–Trinajstić information content (AvgIpc) is 2.83. The van der Waals surface area contributed by atoms with Crippen LogP contribution in [0.15, 0.2) is 24.4 Å². The topological polar surface area (TPSA) is 73.4 Å². The molecule has 1 fully saturated rings. The summed E-state index contributed by atoms with van der Waals surface area (Å²) in [4.78, 5) is 26.4. The number of piperidine rings is 1. The first-order chi connectivity index (χ1) is 13.5. The quantitative estimate of drug-likeness (QED) is 0.848. The molecule has 0 aliphatic carbocycles. The Morgan fingerprint density at radius 3 is 2.75 bits per heavy atom. The molecule has 2 aliphatic heterocycles. The fraction of sp³-hybridized carbons (Fsp3) is 0.476. The van der Waals surface area contributed by atoms with Gasteiger partial charge in [0.05, 0.1) is 11.4 Å². The third-order valence-corrected chi connectivity index (χ3v) is 5.70. The summed E-state index contributed by atoms with van der Waals surface area (Å²) in [5.41, 5.74) is 3.33. The van der Waals surface area contributed by atoms with Crippen molar-refractivity contribution in [3.8, 4) is 0 Å². The minimum Gasteiger partial charge on any atom is -0.341 e. The average molecular weight is 380 g/mol. The van der Waals surface area contributed by atoms with Crippen LogP contribution in [0, 0.1) is 0 Å². The number of anilines is 4. The highest BCUT2D eigenvalue weighted by Crippen LogP contribution is 2.32. The molecule has 0 spiro atoms. The lowest BCUT2D eigenvalue weighted by Gasteiger charge is -2.35. The Morgan fingerprint density at radius 1 is 1.21 bits per heavy atom. The molecule has 2 aliphatic rings. The van der Waals surface area contributed by atoms with Crippen LogP contribution in [-0.2, 0) is 6.42 Å². The molecule has 0 radical (unpaired) electrons. The monoisotopic (exact) mass is 380 g/mol. The Kier molecular flexibility index (Phi) is 5.17. The van der Waals surface area contributed by atoms with E-state index in [0.717, 1.165) is 50.1 Å². The van der Waals surface area contributed by atoms with Gasteiger partial charge in [-0.2, -0.15) is 4.98 Å². The van der Waals surface area contributed by atoms with Crippen molar-refractivity contribution in [3.05, 3.63) is 35.5 Å². The number of likely N-dealkylation sites (tertiary alicyclic amines) is 1. The molecule has 4 rings (SSSR count). The predicted molar refractivity (Wildman–Crippen MR) is 113 cm³/mol. The van der Waals surface area contributed by atoms with Crippen molar-refractivity contribution >= 4 is 29.0 Å². The third-order valence-electron chi connectivity index (χ3n) is 5.70. The lowest BCUT2D eigenvalue weighted by molar-refractivity contribution is 0.102. The van der Waals surface area contributed by atoms with E-state index in [1.54, 1.807) is 6.20 Å². The van der Waals surface area contributed by atoms with Crippen LogP contribution in [0.3, 0.4) is 0 Å². The van der Waals surface area contributed by atoms with Gasteiger partial charge in [-0.15, -0.1) is 0 Å². The van der Waals surface area contributed by atoms with Gasteiger partial charge in [-0.05, 0) is 57.1 Å². The van der Waals surface area contributed by atoms with Crippen LogP contribution in [-0.4, -0.2) is 54.0 Å². The van der Waals surface area contributed by atoms with E-state index in [2.05, 4.69) is 45.5 Å². The van der Waals surface area contributed by atoms with E-state index >= 15 is 0 Å². The van der Waals surface area contributed by atoms with Crippen molar-refractivity contribution in [2.75, 3.05) is 42.7 Å². The van der Waals surface area contributed by atoms with Crippen LogP contribution < -0.4 is 15.5 Å². The zero-order valence-corrected chi connectivity index (χ0v) is 16.8. The first-order valence-corrected chi connectivity index (χ1v) is 10.0. The summed E-state index contributed by atoms with van der Waals surface area (Å²) in [5, 5.41) is 6.33. The Morgan fingerprint density at radius 2 is 2.00 bits per heavy atom. The number of nitrogens with one attached hydrogen (secondary N) is 2. The molecule has 7 nitrogen and oxygen atoms in total. The number of amides is 1. The van der Waals surface area contributed by atoms with E-state index in [0.29, 0.717) is 23.4 Å². The van der Waals surface area contributed by atoms with E-state index in [9.17, 15) is 4.79 Å². The molecule has 2 aromatic rings. The highest BCUT2D eigenvalue weighted by molar-refractivity contribution is 6.11. The van der Waals surface area contributed by atoms with E-state index in [4.69, 9.17) is 4.98 Å². The fourth-order valence-corrected chi connectivity index (χ4v) is 3.91. The number of hydrogen-bond donors (Lipinski definition) is 2. The number of nitrogens with zero attached hydrogens (tertiary/aromatic N) is 4. The second-order valence-electron chi connectivity index (χ2n) is 7.79. The van der Waals surface area contributed by atoms with Crippen molar-refractivity contribution < 1.29 is 4.79 Å². The number of benzene rings is 1. The second kappa shape index (κ2) is 7.75. The van der Waals surface area contributed by atoms with E-state index in [1.807, 2.05) is 19.2 Å². The standard InChI is InChI=1S/C21H28N6O/c1-4-5-14-6-7-17-18(12-14)24-20(28)16-13-22-21(25-19(16)23-17)27(3)15-8-10-26(2)11-9-15/h6-7,12-13,15H,4-5,8-11H2,1-3H3,(H,24,28)(H,22,23,25). The summed E-state index contributed by atoms with van der Waals surface area (Å²) in [5.74, 6) is 1.03. The number of aromatic nitrogens is 2.